The highest BCUT2D eigenvalue weighted by Gasteiger charge is 2.18. The van der Waals surface area contributed by atoms with Gasteiger partial charge in [0.2, 0.25) is 5.95 Å². The number of sulfonamides is 1. The van der Waals surface area contributed by atoms with Crippen LogP contribution in [0.25, 0.3) is 0 Å². The maximum atomic E-state index is 12.4. The highest BCUT2D eigenvalue weighted by molar-refractivity contribution is 7.92. The molecule has 1 heterocycles. The van der Waals surface area contributed by atoms with Gasteiger partial charge in [-0.1, -0.05) is 11.6 Å². The Labute approximate surface area is 128 Å². The van der Waals surface area contributed by atoms with Gasteiger partial charge in [0.05, 0.1) is 4.90 Å². The zero-order valence-electron chi connectivity index (χ0n) is 11.8. The Hall–Kier alpha value is -1.86. The molecule has 0 spiro atoms. The van der Waals surface area contributed by atoms with E-state index in [9.17, 15) is 8.42 Å². The molecule has 0 saturated carbocycles. The number of halogens is 1. The molecule has 1 aromatic heterocycles. The number of aromatic nitrogens is 2. The molecule has 1 aromatic carbocycles. The topological polar surface area (TPSA) is 98.0 Å². The van der Waals surface area contributed by atoms with Gasteiger partial charge in [-0.25, -0.2) is 23.1 Å². The molecule has 0 saturated heterocycles. The molecule has 0 radical (unpaired) electrons. The van der Waals surface area contributed by atoms with Crippen LogP contribution in [-0.2, 0) is 10.0 Å². The van der Waals surface area contributed by atoms with Crippen molar-refractivity contribution in [2.75, 3.05) is 10.5 Å². The van der Waals surface area contributed by atoms with Crippen molar-refractivity contribution in [2.45, 2.75) is 25.7 Å². The van der Waals surface area contributed by atoms with Crippen LogP contribution in [0.4, 0.5) is 11.6 Å². The third-order valence-electron chi connectivity index (χ3n) is 3.04. The van der Waals surface area contributed by atoms with Crippen LogP contribution in [0.2, 0.25) is 5.15 Å². The fourth-order valence-electron chi connectivity index (χ4n) is 1.76. The molecule has 0 amide bonds. The lowest BCUT2D eigenvalue weighted by Gasteiger charge is -2.11. The zero-order valence-corrected chi connectivity index (χ0v) is 13.4. The molecule has 0 atom stereocenters. The van der Waals surface area contributed by atoms with Gasteiger partial charge in [0, 0.05) is 11.4 Å². The summed E-state index contributed by atoms with van der Waals surface area (Å²) in [6.07, 6.45) is 0. The van der Waals surface area contributed by atoms with Crippen molar-refractivity contribution in [3.8, 4) is 0 Å². The molecular formula is C13H15ClN4O2S. The SMILES string of the molecule is Cc1cc(Cl)nc(NS(=O)(=O)c2cc(C)c(C)c(N)c2)n1. The number of anilines is 2. The molecule has 8 heteroatoms. The first kappa shape index (κ1) is 15.5. The molecule has 0 bridgehead atoms. The van der Waals surface area contributed by atoms with E-state index in [1.807, 2.05) is 6.92 Å². The Morgan fingerprint density at radius 2 is 1.81 bits per heavy atom. The molecule has 21 heavy (non-hydrogen) atoms. The minimum Gasteiger partial charge on any atom is -0.398 e. The Kier molecular flexibility index (Phi) is 4.06. The van der Waals surface area contributed by atoms with E-state index >= 15 is 0 Å². The van der Waals surface area contributed by atoms with Crippen molar-refractivity contribution in [1.82, 2.24) is 9.97 Å². The lowest BCUT2D eigenvalue weighted by atomic mass is 10.1. The van der Waals surface area contributed by atoms with Gasteiger partial charge < -0.3 is 5.73 Å². The molecule has 0 aliphatic carbocycles. The molecule has 112 valence electrons. The first-order valence-corrected chi connectivity index (χ1v) is 7.96. The Morgan fingerprint density at radius 1 is 1.14 bits per heavy atom. The van der Waals surface area contributed by atoms with Crippen molar-refractivity contribution >= 4 is 33.3 Å². The molecule has 2 aromatic rings. The van der Waals surface area contributed by atoms with Gasteiger partial charge in [0.1, 0.15) is 5.15 Å². The Morgan fingerprint density at radius 3 is 2.38 bits per heavy atom. The molecule has 0 fully saturated rings. The van der Waals surface area contributed by atoms with Crippen molar-refractivity contribution in [3.05, 3.63) is 40.2 Å². The third kappa shape index (κ3) is 3.43. The average Bonchev–Trinajstić information content (AvgIpc) is 2.33. The number of benzene rings is 1. The number of nitrogens with one attached hydrogen (secondary N) is 1. The van der Waals surface area contributed by atoms with Crippen LogP contribution in [0.5, 0.6) is 0 Å². The van der Waals surface area contributed by atoms with E-state index < -0.39 is 10.0 Å². The van der Waals surface area contributed by atoms with Gasteiger partial charge in [-0.15, -0.1) is 0 Å². The van der Waals surface area contributed by atoms with Crippen LogP contribution < -0.4 is 10.5 Å². The van der Waals surface area contributed by atoms with E-state index in [4.69, 9.17) is 17.3 Å². The third-order valence-corrected chi connectivity index (χ3v) is 4.54. The molecular weight excluding hydrogens is 312 g/mol. The maximum absolute atomic E-state index is 12.4. The van der Waals surface area contributed by atoms with Crippen LogP contribution in [0.15, 0.2) is 23.1 Å². The average molecular weight is 327 g/mol. The fraction of sp³-hybridized carbons (Fsp3) is 0.231. The van der Waals surface area contributed by atoms with E-state index in [1.54, 1.807) is 19.9 Å². The van der Waals surface area contributed by atoms with Crippen molar-refractivity contribution in [2.24, 2.45) is 0 Å². The second-order valence-corrected chi connectivity index (χ2v) is 6.79. The fourth-order valence-corrected chi connectivity index (χ4v) is 3.06. The van der Waals surface area contributed by atoms with E-state index in [-0.39, 0.29) is 16.0 Å². The van der Waals surface area contributed by atoms with Crippen LogP contribution in [-0.4, -0.2) is 18.4 Å². The van der Waals surface area contributed by atoms with Crippen LogP contribution in [0.3, 0.4) is 0 Å². The largest absolute Gasteiger partial charge is 0.398 e. The van der Waals surface area contributed by atoms with Gasteiger partial charge in [0.25, 0.3) is 10.0 Å². The normalized spacial score (nSPS) is 11.4. The van der Waals surface area contributed by atoms with Crippen molar-refractivity contribution in [3.63, 3.8) is 0 Å². The van der Waals surface area contributed by atoms with Crippen LogP contribution in [0, 0.1) is 20.8 Å². The van der Waals surface area contributed by atoms with Gasteiger partial charge >= 0.3 is 0 Å². The summed E-state index contributed by atoms with van der Waals surface area (Å²) in [4.78, 5) is 7.89. The summed E-state index contributed by atoms with van der Waals surface area (Å²) in [6, 6.07) is 4.49. The van der Waals surface area contributed by atoms with E-state index in [2.05, 4.69) is 14.7 Å². The van der Waals surface area contributed by atoms with Crippen molar-refractivity contribution in [1.29, 1.82) is 0 Å². The van der Waals surface area contributed by atoms with E-state index in [0.717, 1.165) is 11.1 Å². The Bertz CT molecular complexity index is 763. The van der Waals surface area contributed by atoms with Gasteiger partial charge in [-0.2, -0.15) is 0 Å². The number of nitrogens with zero attached hydrogens (tertiary/aromatic N) is 2. The van der Waals surface area contributed by atoms with Crippen LogP contribution >= 0.6 is 11.6 Å². The first-order valence-electron chi connectivity index (χ1n) is 6.10. The number of rotatable bonds is 3. The molecule has 2 rings (SSSR count). The first-order chi connectivity index (χ1) is 9.69. The number of hydrogen-bond acceptors (Lipinski definition) is 5. The molecule has 3 N–H and O–H groups in total. The van der Waals surface area contributed by atoms with Gasteiger partial charge in [0.15, 0.2) is 0 Å². The zero-order chi connectivity index (χ0) is 15.8. The number of aryl methyl sites for hydroxylation is 2. The van der Waals surface area contributed by atoms with Crippen molar-refractivity contribution < 1.29 is 8.42 Å². The van der Waals surface area contributed by atoms with Crippen LogP contribution in [0.1, 0.15) is 16.8 Å². The monoisotopic (exact) mass is 326 g/mol. The number of nitrogens with two attached hydrogens (primary N) is 1. The van der Waals surface area contributed by atoms with E-state index in [0.29, 0.717) is 11.4 Å². The van der Waals surface area contributed by atoms with Gasteiger partial charge in [-0.3, -0.25) is 0 Å². The highest BCUT2D eigenvalue weighted by atomic mass is 35.5. The molecule has 0 unspecified atom stereocenters. The maximum Gasteiger partial charge on any atom is 0.264 e. The lowest BCUT2D eigenvalue weighted by Crippen LogP contribution is -2.16. The standard InChI is InChI=1S/C13H15ClN4O2S/c1-7-4-10(6-11(15)9(7)3)21(19,20)18-13-16-8(2)5-12(14)17-13/h4-6H,15H2,1-3H3,(H,16,17,18). The van der Waals surface area contributed by atoms with E-state index in [1.165, 1.54) is 12.1 Å². The summed E-state index contributed by atoms with van der Waals surface area (Å²) in [7, 11) is -3.82. The minimum atomic E-state index is -3.82. The lowest BCUT2D eigenvalue weighted by molar-refractivity contribution is 0.600. The smallest absolute Gasteiger partial charge is 0.264 e. The summed E-state index contributed by atoms with van der Waals surface area (Å²) in [5, 5.41) is 0.166. The summed E-state index contributed by atoms with van der Waals surface area (Å²) in [6.45, 7) is 5.32. The number of hydrogen-bond donors (Lipinski definition) is 2. The second kappa shape index (κ2) is 5.50. The number of nitrogen functional groups attached to an aromatic ring is 1. The summed E-state index contributed by atoms with van der Waals surface area (Å²) < 4.78 is 27.0. The minimum absolute atomic E-state index is 0.0596. The summed E-state index contributed by atoms with van der Waals surface area (Å²) in [5.41, 5.74) is 8.43. The quantitative estimate of drug-likeness (QED) is 0.666. The highest BCUT2D eigenvalue weighted by Crippen LogP contribution is 2.23. The summed E-state index contributed by atoms with van der Waals surface area (Å²) in [5.74, 6) is -0.0724. The second-order valence-electron chi connectivity index (χ2n) is 4.72. The predicted molar refractivity (Wildman–Crippen MR) is 82.9 cm³/mol. The molecule has 0 aliphatic heterocycles. The molecule has 0 aliphatic rings. The molecule has 6 nitrogen and oxygen atoms in total. The predicted octanol–water partition coefficient (Wildman–Crippen LogP) is 2.44. The summed E-state index contributed by atoms with van der Waals surface area (Å²) >= 11 is 5.79. The van der Waals surface area contributed by atoms with Gasteiger partial charge in [-0.05, 0) is 50.1 Å². The Balaban J connectivity index is 2.43.